The molecule has 0 spiro atoms. The lowest BCUT2D eigenvalue weighted by Crippen LogP contribution is -2.59. The van der Waals surface area contributed by atoms with Crippen LogP contribution in [0.5, 0.6) is 11.6 Å². The molecular formula is C35H46F2N4O6. The van der Waals surface area contributed by atoms with Gasteiger partial charge < -0.3 is 24.4 Å². The van der Waals surface area contributed by atoms with Crippen molar-refractivity contribution in [1.29, 1.82) is 0 Å². The van der Waals surface area contributed by atoms with E-state index < -0.39 is 65.2 Å². The number of benzene rings is 1. The van der Waals surface area contributed by atoms with E-state index in [4.69, 9.17) is 14.2 Å². The Hall–Kier alpha value is -3.57. The van der Waals surface area contributed by atoms with Gasteiger partial charge in [0.15, 0.2) is 11.5 Å². The van der Waals surface area contributed by atoms with Crippen LogP contribution < -0.4 is 14.8 Å². The summed E-state index contributed by atoms with van der Waals surface area (Å²) in [5.41, 5.74) is -1.24. The lowest BCUT2D eigenvalue weighted by atomic mass is 9.70. The highest BCUT2D eigenvalue weighted by Crippen LogP contribution is 2.50. The largest absolute Gasteiger partial charge is 0.497 e. The quantitative estimate of drug-likeness (QED) is 0.407. The summed E-state index contributed by atoms with van der Waals surface area (Å²) in [4.78, 5) is 51.5. The summed E-state index contributed by atoms with van der Waals surface area (Å²) >= 11 is 0. The van der Waals surface area contributed by atoms with Crippen LogP contribution in [0.3, 0.4) is 0 Å². The van der Waals surface area contributed by atoms with Gasteiger partial charge in [0.1, 0.15) is 23.5 Å². The van der Waals surface area contributed by atoms with Gasteiger partial charge in [0.25, 0.3) is 5.92 Å². The molecule has 4 aliphatic rings. The molecule has 3 heterocycles. The Kier molecular flexibility index (Phi) is 8.84. The van der Waals surface area contributed by atoms with E-state index in [9.17, 15) is 14.4 Å². The molecule has 256 valence electrons. The maximum atomic E-state index is 16.0. The number of halogens is 2. The molecule has 6 atom stereocenters. The third kappa shape index (κ3) is 6.48. The average Bonchev–Trinajstić information content (AvgIpc) is 3.54. The summed E-state index contributed by atoms with van der Waals surface area (Å²) in [7, 11) is 1.50. The van der Waals surface area contributed by atoms with Crippen molar-refractivity contribution >= 4 is 28.8 Å². The molecule has 10 nitrogen and oxygen atoms in total. The van der Waals surface area contributed by atoms with Crippen LogP contribution in [0.2, 0.25) is 0 Å². The Morgan fingerprint density at radius 3 is 2.47 bits per heavy atom. The second kappa shape index (κ2) is 12.5. The fourth-order valence-corrected chi connectivity index (χ4v) is 8.06. The summed E-state index contributed by atoms with van der Waals surface area (Å²) in [6.45, 7) is 7.00. The van der Waals surface area contributed by atoms with Gasteiger partial charge in [-0.3, -0.25) is 9.59 Å². The number of rotatable bonds is 3. The number of alkyl carbamates (subject to hydrolysis) is 1. The van der Waals surface area contributed by atoms with Crippen LogP contribution in [-0.2, 0) is 20.2 Å². The van der Waals surface area contributed by atoms with Crippen molar-refractivity contribution in [3.63, 3.8) is 0 Å². The van der Waals surface area contributed by atoms with Crippen molar-refractivity contribution < 1.29 is 37.4 Å². The first-order valence-electron chi connectivity index (χ1n) is 17.0. The highest BCUT2D eigenvalue weighted by Gasteiger charge is 2.55. The zero-order valence-electron chi connectivity index (χ0n) is 27.9. The average molecular weight is 657 g/mol. The van der Waals surface area contributed by atoms with Gasteiger partial charge in [-0.05, 0) is 63.5 Å². The summed E-state index contributed by atoms with van der Waals surface area (Å²) in [6, 6.07) is 3.01. The van der Waals surface area contributed by atoms with Gasteiger partial charge in [-0.15, -0.1) is 0 Å². The first-order chi connectivity index (χ1) is 22.2. The number of nitrogens with zero attached hydrogens (tertiary/aromatic N) is 3. The van der Waals surface area contributed by atoms with E-state index in [-0.39, 0.29) is 36.1 Å². The van der Waals surface area contributed by atoms with Crippen LogP contribution in [0.15, 0.2) is 18.2 Å². The predicted molar refractivity (Wildman–Crippen MR) is 169 cm³/mol. The molecule has 2 aliphatic heterocycles. The van der Waals surface area contributed by atoms with Gasteiger partial charge >= 0.3 is 6.09 Å². The molecule has 2 aromatic rings. The van der Waals surface area contributed by atoms with Crippen LogP contribution in [0.4, 0.5) is 13.6 Å². The molecule has 2 saturated carbocycles. The maximum Gasteiger partial charge on any atom is 0.408 e. The zero-order valence-corrected chi connectivity index (χ0v) is 27.9. The van der Waals surface area contributed by atoms with E-state index in [0.717, 1.165) is 32.1 Å². The standard InChI is InChI=1S/C35H46F2N4O6/c1-20-26-19-41(27(20)21(2)42)31(43)29(33(3)14-8-6-9-15-33)40-32(44)47-34(4)18-22(34)11-7-10-16-35(36,37)28-30(46-26)39-25-17-23(45-5)12-13-24(25)38-28/h12-13,17,20,22,26-27,29H,6-11,14-16,18-19H2,1-5H3,(H,40,44)/t20-,22-,26+,27+,29-,34-/m1/s1. The minimum absolute atomic E-state index is 0.0387. The number of methoxy groups -OCH3 is 1. The number of aromatic nitrogens is 2. The number of ketones is 1. The Labute approximate surface area is 274 Å². The van der Waals surface area contributed by atoms with Crippen molar-refractivity contribution in [1.82, 2.24) is 20.2 Å². The number of amides is 2. The number of Topliss-reactive ketones (excluding diaryl/α,β-unsaturated/α-hetero) is 1. The van der Waals surface area contributed by atoms with Crippen LogP contribution >= 0.6 is 0 Å². The summed E-state index contributed by atoms with van der Waals surface area (Å²) in [5.74, 6) is -4.37. The highest BCUT2D eigenvalue weighted by molar-refractivity contribution is 5.92. The summed E-state index contributed by atoms with van der Waals surface area (Å²) in [5, 5.41) is 2.94. The van der Waals surface area contributed by atoms with E-state index in [1.54, 1.807) is 25.1 Å². The van der Waals surface area contributed by atoms with Gasteiger partial charge in [0.2, 0.25) is 11.8 Å². The van der Waals surface area contributed by atoms with Crippen molar-refractivity contribution in [3.05, 3.63) is 23.9 Å². The fourth-order valence-electron chi connectivity index (χ4n) is 8.06. The minimum Gasteiger partial charge on any atom is -0.497 e. The number of fused-ring (bicyclic) bond motifs is 5. The molecule has 0 radical (unpaired) electrons. The number of hydrogen-bond donors (Lipinski definition) is 1. The lowest BCUT2D eigenvalue weighted by molar-refractivity contribution is -0.142. The Balaban J connectivity index is 1.42. The third-order valence-electron chi connectivity index (χ3n) is 11.1. The highest BCUT2D eigenvalue weighted by atomic mass is 19.3. The number of carbonyl (C=O) groups excluding carboxylic acids is 3. The number of carbonyl (C=O) groups is 3. The Morgan fingerprint density at radius 2 is 1.77 bits per heavy atom. The van der Waals surface area contributed by atoms with E-state index in [2.05, 4.69) is 15.3 Å². The maximum absolute atomic E-state index is 16.0. The molecule has 1 aromatic heterocycles. The molecule has 1 N–H and O–H groups in total. The first kappa shape index (κ1) is 33.3. The monoisotopic (exact) mass is 656 g/mol. The van der Waals surface area contributed by atoms with Crippen molar-refractivity contribution in [2.75, 3.05) is 13.7 Å². The van der Waals surface area contributed by atoms with Gasteiger partial charge in [-0.1, -0.05) is 39.5 Å². The van der Waals surface area contributed by atoms with Crippen molar-refractivity contribution in [2.45, 2.75) is 122 Å². The molecule has 1 saturated heterocycles. The van der Waals surface area contributed by atoms with Gasteiger partial charge in [-0.2, -0.15) is 8.78 Å². The van der Waals surface area contributed by atoms with Gasteiger partial charge in [-0.25, -0.2) is 14.8 Å². The molecule has 0 unspecified atom stereocenters. The molecule has 6 rings (SSSR count). The van der Waals surface area contributed by atoms with Crippen LogP contribution in [0.25, 0.3) is 11.0 Å². The smallest absolute Gasteiger partial charge is 0.408 e. The van der Waals surface area contributed by atoms with Gasteiger partial charge in [0, 0.05) is 24.3 Å². The van der Waals surface area contributed by atoms with Crippen LogP contribution in [-0.4, -0.2) is 70.1 Å². The zero-order chi connectivity index (χ0) is 33.7. The van der Waals surface area contributed by atoms with Crippen LogP contribution in [0, 0.1) is 17.3 Å². The SMILES string of the molecule is COc1ccc2nc3c(nc2c1)O[C@H]1CN(C(=O)[C@H](C2(C)CCCCC2)NC(=O)O[C@]2(C)C[C@H]2CCCCC3(F)F)[C@H](C(C)=O)[C@@H]1C. The molecule has 12 heteroatoms. The topological polar surface area (TPSA) is 120 Å². The lowest BCUT2D eigenvalue weighted by Gasteiger charge is -2.42. The normalized spacial score (nSPS) is 32.5. The molecule has 2 bridgehead atoms. The number of alkyl halides is 2. The van der Waals surface area contributed by atoms with Crippen molar-refractivity contribution in [3.8, 4) is 11.6 Å². The molecule has 47 heavy (non-hydrogen) atoms. The minimum atomic E-state index is -3.36. The molecule has 2 aliphatic carbocycles. The number of hydrogen-bond acceptors (Lipinski definition) is 8. The molecular weight excluding hydrogens is 610 g/mol. The molecule has 2 amide bonds. The summed E-state index contributed by atoms with van der Waals surface area (Å²) < 4.78 is 49.6. The second-order valence-electron chi connectivity index (χ2n) is 14.6. The first-order valence-corrected chi connectivity index (χ1v) is 17.0. The second-order valence-corrected chi connectivity index (χ2v) is 14.6. The van der Waals surface area contributed by atoms with E-state index in [1.165, 1.54) is 18.9 Å². The number of ether oxygens (including phenoxy) is 3. The summed E-state index contributed by atoms with van der Waals surface area (Å²) in [6.07, 6.45) is 4.35. The fraction of sp³-hybridized carbons (Fsp3) is 0.686. The van der Waals surface area contributed by atoms with Gasteiger partial charge in [0.05, 0.1) is 30.7 Å². The Morgan fingerprint density at radius 1 is 1.04 bits per heavy atom. The van der Waals surface area contributed by atoms with Crippen molar-refractivity contribution in [2.24, 2.45) is 17.3 Å². The van der Waals surface area contributed by atoms with E-state index in [0.29, 0.717) is 30.5 Å². The molecule has 1 aromatic carbocycles. The number of nitrogens with one attached hydrogen (secondary N) is 1. The van der Waals surface area contributed by atoms with E-state index >= 15 is 8.78 Å². The molecule has 3 fully saturated rings. The third-order valence-corrected chi connectivity index (χ3v) is 11.1. The predicted octanol–water partition coefficient (Wildman–Crippen LogP) is 6.33. The van der Waals surface area contributed by atoms with Crippen LogP contribution in [0.1, 0.15) is 97.6 Å². The Bertz CT molecular complexity index is 1550. The van der Waals surface area contributed by atoms with E-state index in [1.807, 2.05) is 13.8 Å².